The number of hydrogen-bond donors (Lipinski definition) is 2. The van der Waals surface area contributed by atoms with E-state index in [4.69, 9.17) is 21.1 Å². The third kappa shape index (κ3) is 5.94. The molecule has 0 unspecified atom stereocenters. The van der Waals surface area contributed by atoms with E-state index in [1.165, 1.54) is 25.3 Å². The first-order valence-electron chi connectivity index (χ1n) is 11.9. The van der Waals surface area contributed by atoms with Crippen molar-refractivity contribution in [3.63, 3.8) is 0 Å². The largest absolute Gasteiger partial charge is 0.493 e. The first kappa shape index (κ1) is 27.4. The van der Waals surface area contributed by atoms with E-state index in [2.05, 4.69) is 10.6 Å². The maximum atomic E-state index is 13.2. The number of benzene rings is 3. The van der Waals surface area contributed by atoms with Crippen LogP contribution in [0.1, 0.15) is 22.3 Å². The van der Waals surface area contributed by atoms with Gasteiger partial charge in [-0.1, -0.05) is 35.9 Å². The molecule has 9 nitrogen and oxygen atoms in total. The van der Waals surface area contributed by atoms with Crippen molar-refractivity contribution < 1.29 is 28.7 Å². The van der Waals surface area contributed by atoms with E-state index in [9.17, 15) is 19.2 Å². The average Bonchev–Trinajstić information content (AvgIpc) is 2.89. The molecule has 10 heteroatoms. The lowest BCUT2D eigenvalue weighted by atomic mass is 10.0. The van der Waals surface area contributed by atoms with Crippen molar-refractivity contribution >= 4 is 52.8 Å². The Bertz CT molecular complexity index is 1530. The van der Waals surface area contributed by atoms with Gasteiger partial charge in [-0.2, -0.15) is 0 Å². The van der Waals surface area contributed by atoms with Crippen LogP contribution in [-0.4, -0.2) is 37.5 Å². The van der Waals surface area contributed by atoms with E-state index in [0.717, 1.165) is 21.6 Å². The highest BCUT2D eigenvalue weighted by atomic mass is 35.5. The number of amides is 5. The summed E-state index contributed by atoms with van der Waals surface area (Å²) >= 11 is 6.44. The fourth-order valence-electron chi connectivity index (χ4n) is 3.92. The Hall–Kier alpha value is -4.63. The molecule has 0 spiro atoms. The number of barbiturate groups is 1. The van der Waals surface area contributed by atoms with E-state index in [1.807, 2.05) is 39.0 Å². The van der Waals surface area contributed by atoms with Gasteiger partial charge >= 0.3 is 6.03 Å². The smallest absolute Gasteiger partial charge is 0.335 e. The standard InChI is InChI=1S/C29H26ClN3O6/c1-16-9-10-20(11-18(16)3)33-28(36)21(27(35)32-29(33)37)12-19-13-22(30)26(24(14-19)38-4)39-15-25(34)31-23-8-6-5-7-17(23)2/h5-14H,15H2,1-4H3,(H,31,34)(H,32,35,37)/b21-12-. The molecule has 0 bridgehead atoms. The fourth-order valence-corrected chi connectivity index (χ4v) is 4.20. The third-order valence-electron chi connectivity index (χ3n) is 6.18. The van der Waals surface area contributed by atoms with Gasteiger partial charge < -0.3 is 14.8 Å². The summed E-state index contributed by atoms with van der Waals surface area (Å²) in [5.74, 6) is -1.71. The van der Waals surface area contributed by atoms with Gasteiger partial charge in [-0.15, -0.1) is 0 Å². The maximum absolute atomic E-state index is 13.2. The highest BCUT2D eigenvalue weighted by Gasteiger charge is 2.37. The van der Waals surface area contributed by atoms with E-state index in [1.54, 1.807) is 24.3 Å². The van der Waals surface area contributed by atoms with Gasteiger partial charge in [0.2, 0.25) is 0 Å². The van der Waals surface area contributed by atoms with E-state index < -0.39 is 23.8 Å². The van der Waals surface area contributed by atoms with Gasteiger partial charge in [-0.3, -0.25) is 19.7 Å². The number of hydrogen-bond acceptors (Lipinski definition) is 6. The Labute approximate surface area is 230 Å². The number of carbonyl (C=O) groups excluding carboxylic acids is 4. The molecule has 2 N–H and O–H groups in total. The summed E-state index contributed by atoms with van der Waals surface area (Å²) in [5.41, 5.74) is 3.86. The monoisotopic (exact) mass is 547 g/mol. The molecule has 5 amide bonds. The number of anilines is 2. The average molecular weight is 548 g/mol. The topological polar surface area (TPSA) is 114 Å². The summed E-state index contributed by atoms with van der Waals surface area (Å²) in [7, 11) is 1.39. The Balaban J connectivity index is 1.57. The molecule has 3 aromatic carbocycles. The van der Waals surface area contributed by atoms with E-state index >= 15 is 0 Å². The summed E-state index contributed by atoms with van der Waals surface area (Å²) in [5, 5.41) is 5.06. The highest BCUT2D eigenvalue weighted by molar-refractivity contribution is 6.39. The van der Waals surface area contributed by atoms with Crippen LogP contribution in [0.25, 0.3) is 6.08 Å². The molecule has 1 aliphatic rings. The molecule has 0 saturated carbocycles. The van der Waals surface area contributed by atoms with Crippen molar-refractivity contribution in [2.24, 2.45) is 0 Å². The lowest BCUT2D eigenvalue weighted by Crippen LogP contribution is -2.54. The lowest BCUT2D eigenvalue weighted by molar-refractivity contribution is -0.122. The second kappa shape index (κ2) is 11.4. The molecule has 0 atom stereocenters. The molecule has 0 aliphatic carbocycles. The molecule has 3 aromatic rings. The summed E-state index contributed by atoms with van der Waals surface area (Å²) < 4.78 is 11.0. The zero-order valence-electron chi connectivity index (χ0n) is 21.8. The fraction of sp³-hybridized carbons (Fsp3) is 0.172. The number of para-hydroxylation sites is 1. The normalized spacial score (nSPS) is 14.3. The summed E-state index contributed by atoms with van der Waals surface area (Å²) in [6.07, 6.45) is 1.31. The minimum absolute atomic E-state index is 0.0932. The third-order valence-corrected chi connectivity index (χ3v) is 6.46. The van der Waals surface area contributed by atoms with Gasteiger partial charge in [0.05, 0.1) is 17.8 Å². The number of nitrogens with zero attached hydrogens (tertiary/aromatic N) is 1. The van der Waals surface area contributed by atoms with Crippen molar-refractivity contribution in [1.29, 1.82) is 0 Å². The number of imide groups is 2. The number of rotatable bonds is 7. The Kier molecular flexibility index (Phi) is 8.01. The van der Waals surface area contributed by atoms with Gasteiger partial charge in [0.1, 0.15) is 5.57 Å². The number of carbonyl (C=O) groups is 4. The van der Waals surface area contributed by atoms with Crippen LogP contribution in [0.4, 0.5) is 16.2 Å². The van der Waals surface area contributed by atoms with Gasteiger partial charge in [0, 0.05) is 5.69 Å². The molecular weight excluding hydrogens is 522 g/mol. The van der Waals surface area contributed by atoms with Crippen molar-refractivity contribution in [1.82, 2.24) is 5.32 Å². The predicted octanol–water partition coefficient (Wildman–Crippen LogP) is 4.96. The van der Waals surface area contributed by atoms with Crippen LogP contribution < -0.4 is 25.0 Å². The molecular formula is C29H26ClN3O6. The molecule has 200 valence electrons. The molecule has 1 saturated heterocycles. The summed E-state index contributed by atoms with van der Waals surface area (Å²) in [4.78, 5) is 51.7. The first-order valence-corrected chi connectivity index (χ1v) is 12.3. The highest BCUT2D eigenvalue weighted by Crippen LogP contribution is 2.37. The number of halogens is 1. The summed E-state index contributed by atoms with van der Waals surface area (Å²) in [6, 6.07) is 14.6. The predicted molar refractivity (Wildman–Crippen MR) is 148 cm³/mol. The van der Waals surface area contributed by atoms with Crippen LogP contribution in [0.5, 0.6) is 11.5 Å². The Morgan fingerprint density at radius 1 is 1.00 bits per heavy atom. The van der Waals surface area contributed by atoms with Crippen molar-refractivity contribution in [3.8, 4) is 11.5 Å². The minimum Gasteiger partial charge on any atom is -0.493 e. The van der Waals surface area contributed by atoms with Crippen molar-refractivity contribution in [2.45, 2.75) is 20.8 Å². The number of urea groups is 1. The quantitative estimate of drug-likeness (QED) is 0.319. The van der Waals surface area contributed by atoms with Crippen LogP contribution in [0.15, 0.2) is 60.2 Å². The second-order valence-corrected chi connectivity index (χ2v) is 9.32. The van der Waals surface area contributed by atoms with Gasteiger partial charge in [-0.05, 0) is 79.4 Å². The van der Waals surface area contributed by atoms with E-state index in [0.29, 0.717) is 16.9 Å². The maximum Gasteiger partial charge on any atom is 0.335 e. The number of aryl methyl sites for hydroxylation is 3. The molecule has 39 heavy (non-hydrogen) atoms. The lowest BCUT2D eigenvalue weighted by Gasteiger charge is -2.27. The van der Waals surface area contributed by atoms with Gasteiger partial charge in [0.15, 0.2) is 18.1 Å². The number of methoxy groups -OCH3 is 1. The van der Waals surface area contributed by atoms with Crippen LogP contribution in [0.2, 0.25) is 5.02 Å². The molecule has 1 aliphatic heterocycles. The van der Waals surface area contributed by atoms with E-state index in [-0.39, 0.29) is 28.7 Å². The Morgan fingerprint density at radius 3 is 2.44 bits per heavy atom. The zero-order chi connectivity index (χ0) is 28.3. The zero-order valence-corrected chi connectivity index (χ0v) is 22.5. The molecule has 0 aromatic heterocycles. The first-order chi connectivity index (χ1) is 18.6. The van der Waals surface area contributed by atoms with Crippen LogP contribution in [0, 0.1) is 20.8 Å². The minimum atomic E-state index is -0.839. The van der Waals surface area contributed by atoms with Crippen LogP contribution in [-0.2, 0) is 14.4 Å². The van der Waals surface area contributed by atoms with Crippen molar-refractivity contribution in [3.05, 3.63) is 87.4 Å². The van der Waals surface area contributed by atoms with Crippen LogP contribution in [0.3, 0.4) is 0 Å². The number of ether oxygens (including phenoxy) is 2. The SMILES string of the molecule is COc1cc(/C=C2/C(=O)NC(=O)N(c3ccc(C)c(C)c3)C2=O)cc(Cl)c1OCC(=O)Nc1ccccc1C. The van der Waals surface area contributed by atoms with Crippen LogP contribution >= 0.6 is 11.6 Å². The van der Waals surface area contributed by atoms with Crippen molar-refractivity contribution in [2.75, 3.05) is 23.9 Å². The number of nitrogens with one attached hydrogen (secondary N) is 2. The summed E-state index contributed by atoms with van der Waals surface area (Å²) in [6.45, 7) is 5.31. The molecule has 4 rings (SSSR count). The molecule has 1 fully saturated rings. The molecule has 0 radical (unpaired) electrons. The second-order valence-electron chi connectivity index (χ2n) is 8.91. The van der Waals surface area contributed by atoms with Gasteiger partial charge in [0.25, 0.3) is 17.7 Å². The molecule has 1 heterocycles. The van der Waals surface area contributed by atoms with Gasteiger partial charge in [-0.25, -0.2) is 9.69 Å². The Morgan fingerprint density at radius 2 is 1.74 bits per heavy atom.